The number of hydrogen-bond donors (Lipinski definition) is 1. The number of anilines is 2. The van der Waals surface area contributed by atoms with E-state index in [1.54, 1.807) is 0 Å². The van der Waals surface area contributed by atoms with Gasteiger partial charge in [0.1, 0.15) is 0 Å². The Balaban J connectivity index is 2.16. The molecule has 1 aliphatic heterocycles. The minimum Gasteiger partial charge on any atom is -0.398 e. The van der Waals surface area contributed by atoms with Crippen molar-refractivity contribution >= 4 is 11.4 Å². The lowest BCUT2D eigenvalue weighted by molar-refractivity contribution is 0.263. The Morgan fingerprint density at radius 3 is 2.74 bits per heavy atom. The van der Waals surface area contributed by atoms with E-state index in [-0.39, 0.29) is 0 Å². The van der Waals surface area contributed by atoms with Gasteiger partial charge >= 0.3 is 0 Å². The summed E-state index contributed by atoms with van der Waals surface area (Å²) in [7, 11) is 0. The molecule has 2 rings (SSSR count). The van der Waals surface area contributed by atoms with Gasteiger partial charge in [0.25, 0.3) is 0 Å². The molecule has 1 aromatic carbocycles. The van der Waals surface area contributed by atoms with Crippen LogP contribution in [-0.4, -0.2) is 13.1 Å². The van der Waals surface area contributed by atoms with E-state index in [1.807, 2.05) is 6.07 Å². The van der Waals surface area contributed by atoms with Gasteiger partial charge in [-0.3, -0.25) is 0 Å². The van der Waals surface area contributed by atoms with Crippen LogP contribution in [0.25, 0.3) is 0 Å². The van der Waals surface area contributed by atoms with Crippen LogP contribution in [0.5, 0.6) is 0 Å². The second-order valence-electron chi connectivity index (χ2n) is 6.52. The first-order valence-electron chi connectivity index (χ1n) is 6.92. The van der Waals surface area contributed by atoms with E-state index in [0.717, 1.165) is 30.3 Å². The van der Waals surface area contributed by atoms with Gasteiger partial charge in [-0.25, -0.2) is 0 Å². The van der Waals surface area contributed by atoms with Crippen molar-refractivity contribution in [1.29, 1.82) is 5.26 Å². The Kier molecular flexibility index (Phi) is 3.71. The molecule has 0 spiro atoms. The topological polar surface area (TPSA) is 53.0 Å². The maximum Gasteiger partial charge on any atom is 0.0670 e. The zero-order valence-corrected chi connectivity index (χ0v) is 12.1. The van der Waals surface area contributed by atoms with Gasteiger partial charge in [0.05, 0.1) is 12.5 Å². The largest absolute Gasteiger partial charge is 0.398 e. The molecule has 0 aliphatic carbocycles. The molecule has 0 saturated carbocycles. The van der Waals surface area contributed by atoms with E-state index < -0.39 is 0 Å². The second-order valence-corrected chi connectivity index (χ2v) is 6.52. The maximum absolute atomic E-state index is 8.83. The van der Waals surface area contributed by atoms with Gasteiger partial charge in [0.2, 0.25) is 0 Å². The molecule has 1 fully saturated rings. The summed E-state index contributed by atoms with van der Waals surface area (Å²) in [5.74, 6) is 0.726. The summed E-state index contributed by atoms with van der Waals surface area (Å²) in [5, 5.41) is 8.83. The molecule has 0 bridgehead atoms. The molecule has 0 aromatic heterocycles. The lowest BCUT2D eigenvalue weighted by Crippen LogP contribution is -2.25. The van der Waals surface area contributed by atoms with E-state index in [4.69, 9.17) is 11.0 Å². The van der Waals surface area contributed by atoms with Crippen LogP contribution < -0.4 is 10.6 Å². The van der Waals surface area contributed by atoms with Crippen LogP contribution in [-0.2, 0) is 6.42 Å². The smallest absolute Gasteiger partial charge is 0.0670 e. The third-order valence-electron chi connectivity index (χ3n) is 4.17. The van der Waals surface area contributed by atoms with Crippen molar-refractivity contribution in [1.82, 2.24) is 0 Å². The van der Waals surface area contributed by atoms with Crippen LogP contribution in [0.4, 0.5) is 11.4 Å². The summed E-state index contributed by atoms with van der Waals surface area (Å²) in [4.78, 5) is 2.41. The summed E-state index contributed by atoms with van der Waals surface area (Å²) < 4.78 is 0. The first-order chi connectivity index (χ1) is 8.91. The third kappa shape index (κ3) is 3.01. The number of nitriles is 1. The standard InChI is InChI=1S/C16H23N3/c1-16(2,3)13-7-9-19(11-13)14-4-5-15(18)12(10-14)6-8-17/h4-5,10,13H,6-7,9,11,18H2,1-3H3. The predicted octanol–water partition coefficient (Wildman–Crippen LogP) is 3.21. The van der Waals surface area contributed by atoms with Gasteiger partial charge in [-0.1, -0.05) is 20.8 Å². The average molecular weight is 257 g/mol. The number of nitrogens with two attached hydrogens (primary N) is 1. The number of hydrogen-bond acceptors (Lipinski definition) is 3. The Morgan fingerprint density at radius 1 is 1.42 bits per heavy atom. The van der Waals surface area contributed by atoms with Crippen LogP contribution in [0.3, 0.4) is 0 Å². The highest BCUT2D eigenvalue weighted by Gasteiger charge is 2.31. The summed E-state index contributed by atoms with van der Waals surface area (Å²) in [6, 6.07) is 8.24. The van der Waals surface area contributed by atoms with Gasteiger partial charge in [-0.05, 0) is 41.5 Å². The maximum atomic E-state index is 8.83. The zero-order valence-electron chi connectivity index (χ0n) is 12.1. The van der Waals surface area contributed by atoms with Gasteiger partial charge < -0.3 is 10.6 Å². The van der Waals surface area contributed by atoms with Crippen molar-refractivity contribution in [2.45, 2.75) is 33.6 Å². The fraction of sp³-hybridized carbons (Fsp3) is 0.562. The van der Waals surface area contributed by atoms with Gasteiger partial charge in [0, 0.05) is 24.5 Å². The third-order valence-corrected chi connectivity index (χ3v) is 4.17. The normalized spacial score (nSPS) is 19.5. The summed E-state index contributed by atoms with van der Waals surface area (Å²) in [6.07, 6.45) is 1.62. The Bertz CT molecular complexity index is 494. The average Bonchev–Trinajstić information content (AvgIpc) is 2.81. The summed E-state index contributed by atoms with van der Waals surface area (Å²) in [5.41, 5.74) is 9.12. The van der Waals surface area contributed by atoms with Gasteiger partial charge in [0.15, 0.2) is 0 Å². The Hall–Kier alpha value is -1.69. The molecule has 1 aliphatic rings. The summed E-state index contributed by atoms with van der Waals surface area (Å²) in [6.45, 7) is 9.12. The molecule has 1 saturated heterocycles. The molecule has 1 atom stereocenters. The Labute approximate surface area is 116 Å². The highest BCUT2D eigenvalue weighted by Crippen LogP contribution is 2.36. The number of nitrogens with zero attached hydrogens (tertiary/aromatic N) is 2. The molecule has 102 valence electrons. The second kappa shape index (κ2) is 5.13. The van der Waals surface area contributed by atoms with Crippen molar-refractivity contribution < 1.29 is 0 Å². The minimum absolute atomic E-state index is 0.359. The SMILES string of the molecule is CC(C)(C)C1CCN(c2ccc(N)c(CC#N)c2)C1. The fourth-order valence-electron chi connectivity index (χ4n) is 2.73. The minimum atomic E-state index is 0.359. The molecule has 0 amide bonds. The zero-order chi connectivity index (χ0) is 14.0. The van der Waals surface area contributed by atoms with Crippen LogP contribution in [0.1, 0.15) is 32.8 Å². The molecule has 3 nitrogen and oxygen atoms in total. The quantitative estimate of drug-likeness (QED) is 0.828. The van der Waals surface area contributed by atoms with E-state index >= 15 is 0 Å². The van der Waals surface area contributed by atoms with Crippen LogP contribution in [0.2, 0.25) is 0 Å². The number of benzene rings is 1. The molecule has 19 heavy (non-hydrogen) atoms. The summed E-state index contributed by atoms with van der Waals surface area (Å²) >= 11 is 0. The Morgan fingerprint density at radius 2 is 2.16 bits per heavy atom. The van der Waals surface area contributed by atoms with Crippen LogP contribution in [0.15, 0.2) is 18.2 Å². The van der Waals surface area contributed by atoms with Crippen LogP contribution in [0, 0.1) is 22.7 Å². The molecule has 0 radical (unpaired) electrons. The van der Waals surface area contributed by atoms with Crippen molar-refractivity contribution in [2.24, 2.45) is 11.3 Å². The number of rotatable bonds is 2. The van der Waals surface area contributed by atoms with E-state index in [0.29, 0.717) is 11.8 Å². The molecule has 2 N–H and O–H groups in total. The van der Waals surface area contributed by atoms with Gasteiger partial charge in [-0.2, -0.15) is 5.26 Å². The first-order valence-corrected chi connectivity index (χ1v) is 6.92. The van der Waals surface area contributed by atoms with Crippen molar-refractivity contribution in [2.75, 3.05) is 23.7 Å². The monoisotopic (exact) mass is 257 g/mol. The highest BCUT2D eigenvalue weighted by atomic mass is 15.2. The van der Waals surface area contributed by atoms with Crippen LogP contribution >= 0.6 is 0 Å². The van der Waals surface area contributed by atoms with Crippen molar-refractivity contribution in [3.05, 3.63) is 23.8 Å². The van der Waals surface area contributed by atoms with E-state index in [2.05, 4.69) is 43.9 Å². The van der Waals surface area contributed by atoms with E-state index in [9.17, 15) is 0 Å². The van der Waals surface area contributed by atoms with Crippen molar-refractivity contribution in [3.63, 3.8) is 0 Å². The van der Waals surface area contributed by atoms with Crippen molar-refractivity contribution in [3.8, 4) is 6.07 Å². The fourth-order valence-corrected chi connectivity index (χ4v) is 2.73. The lowest BCUT2D eigenvalue weighted by Gasteiger charge is -2.27. The van der Waals surface area contributed by atoms with Gasteiger partial charge in [-0.15, -0.1) is 0 Å². The number of nitrogen functional groups attached to an aromatic ring is 1. The molecular formula is C16H23N3. The molecular weight excluding hydrogens is 234 g/mol. The highest BCUT2D eigenvalue weighted by molar-refractivity contribution is 5.59. The lowest BCUT2D eigenvalue weighted by atomic mass is 9.80. The predicted molar refractivity (Wildman–Crippen MR) is 79.9 cm³/mol. The molecule has 1 heterocycles. The molecule has 3 heteroatoms. The molecule has 1 aromatic rings. The van der Waals surface area contributed by atoms with E-state index in [1.165, 1.54) is 12.1 Å². The molecule has 1 unspecified atom stereocenters. The first kappa shape index (κ1) is 13.7.